The van der Waals surface area contributed by atoms with Crippen molar-refractivity contribution in [2.75, 3.05) is 24.7 Å². The van der Waals surface area contributed by atoms with Gasteiger partial charge in [0.05, 0.1) is 0 Å². The molecule has 0 spiro atoms. The predicted molar refractivity (Wildman–Crippen MR) is 48.3 cm³/mol. The summed E-state index contributed by atoms with van der Waals surface area (Å²) in [5, 5.41) is 8.53. The van der Waals surface area contributed by atoms with Crippen LogP contribution in [0.5, 0.6) is 0 Å². The van der Waals surface area contributed by atoms with E-state index in [4.69, 9.17) is 11.0 Å². The molecule has 0 saturated carbocycles. The number of aromatic amines is 1. The Balaban J connectivity index is 3.40. The molecule has 0 aliphatic rings. The molecule has 0 aliphatic heterocycles. The zero-order valence-electron chi connectivity index (χ0n) is 7.33. The van der Waals surface area contributed by atoms with Gasteiger partial charge in [-0.15, -0.1) is 0 Å². The van der Waals surface area contributed by atoms with Crippen LogP contribution in [0, 0.1) is 11.3 Å². The van der Waals surface area contributed by atoms with Gasteiger partial charge >= 0.3 is 0 Å². The molecule has 0 aliphatic carbocycles. The van der Waals surface area contributed by atoms with Crippen LogP contribution >= 0.6 is 0 Å². The van der Waals surface area contributed by atoms with E-state index in [1.807, 2.05) is 0 Å². The van der Waals surface area contributed by atoms with E-state index < -0.39 is 5.56 Å². The van der Waals surface area contributed by atoms with E-state index in [-0.39, 0.29) is 11.4 Å². The highest BCUT2D eigenvalue weighted by Crippen LogP contribution is 2.05. The molecule has 0 saturated heterocycles. The highest BCUT2D eigenvalue weighted by Gasteiger charge is 2.08. The predicted octanol–water partition coefficient (Wildman–Crippen LogP) is -0.710. The largest absolute Gasteiger partial charge is 0.382 e. The van der Waals surface area contributed by atoms with Crippen molar-refractivity contribution in [1.29, 1.82) is 5.26 Å². The molecule has 1 rings (SSSR count). The highest BCUT2D eigenvalue weighted by molar-refractivity contribution is 5.49. The second-order valence-electron chi connectivity index (χ2n) is 2.66. The van der Waals surface area contributed by atoms with Crippen LogP contribution in [0.4, 0.5) is 11.8 Å². The molecule has 68 valence electrons. The summed E-state index contributed by atoms with van der Waals surface area (Å²) in [4.78, 5) is 19.0. The summed E-state index contributed by atoms with van der Waals surface area (Å²) in [6.45, 7) is 0. The molecule has 0 radical (unpaired) electrons. The van der Waals surface area contributed by atoms with Crippen molar-refractivity contribution in [1.82, 2.24) is 9.97 Å². The Labute approximate surface area is 74.6 Å². The Morgan fingerprint density at radius 2 is 2.23 bits per heavy atom. The van der Waals surface area contributed by atoms with E-state index in [2.05, 4.69) is 9.97 Å². The average Bonchev–Trinajstić information content (AvgIpc) is 2.03. The molecule has 0 atom stereocenters. The highest BCUT2D eigenvalue weighted by atomic mass is 16.1. The minimum absolute atomic E-state index is 0.0463. The van der Waals surface area contributed by atoms with Crippen LogP contribution in [0.25, 0.3) is 0 Å². The summed E-state index contributed by atoms with van der Waals surface area (Å²) in [5.41, 5.74) is 4.73. The SMILES string of the molecule is CN(C)c1nc(N)c(C#N)c(=O)[nH]1. The van der Waals surface area contributed by atoms with E-state index in [9.17, 15) is 4.79 Å². The smallest absolute Gasteiger partial charge is 0.272 e. The first-order valence-corrected chi connectivity index (χ1v) is 3.53. The van der Waals surface area contributed by atoms with Gasteiger partial charge in [-0.05, 0) is 0 Å². The number of anilines is 2. The van der Waals surface area contributed by atoms with Gasteiger partial charge in [-0.3, -0.25) is 9.78 Å². The minimum atomic E-state index is -0.515. The van der Waals surface area contributed by atoms with E-state index >= 15 is 0 Å². The van der Waals surface area contributed by atoms with Crippen LogP contribution in [-0.4, -0.2) is 24.1 Å². The van der Waals surface area contributed by atoms with Crippen molar-refractivity contribution in [2.24, 2.45) is 0 Å². The minimum Gasteiger partial charge on any atom is -0.382 e. The Kier molecular flexibility index (Phi) is 2.19. The Hall–Kier alpha value is -2.03. The second-order valence-corrected chi connectivity index (χ2v) is 2.66. The maximum atomic E-state index is 11.2. The van der Waals surface area contributed by atoms with Gasteiger partial charge in [0.2, 0.25) is 5.95 Å². The van der Waals surface area contributed by atoms with Crippen molar-refractivity contribution in [2.45, 2.75) is 0 Å². The van der Waals surface area contributed by atoms with E-state index in [0.717, 1.165) is 0 Å². The molecule has 0 fully saturated rings. The monoisotopic (exact) mass is 179 g/mol. The third kappa shape index (κ3) is 1.59. The fourth-order valence-corrected chi connectivity index (χ4v) is 0.798. The second kappa shape index (κ2) is 3.15. The standard InChI is InChI=1S/C7H9N5O/c1-12(2)7-10-5(9)4(3-8)6(13)11-7/h1-2H3,(H3,9,10,11,13). The van der Waals surface area contributed by atoms with Gasteiger partial charge < -0.3 is 10.6 Å². The van der Waals surface area contributed by atoms with Gasteiger partial charge in [-0.2, -0.15) is 10.2 Å². The summed E-state index contributed by atoms with van der Waals surface area (Å²) in [6, 6.07) is 1.68. The van der Waals surface area contributed by atoms with Crippen LogP contribution in [0.2, 0.25) is 0 Å². The third-order valence-electron chi connectivity index (χ3n) is 1.47. The van der Waals surface area contributed by atoms with Crippen molar-refractivity contribution in [3.63, 3.8) is 0 Å². The normalized spacial score (nSPS) is 9.31. The zero-order chi connectivity index (χ0) is 10.0. The lowest BCUT2D eigenvalue weighted by atomic mass is 10.3. The summed E-state index contributed by atoms with van der Waals surface area (Å²) in [6.07, 6.45) is 0. The van der Waals surface area contributed by atoms with E-state index in [1.165, 1.54) is 0 Å². The van der Waals surface area contributed by atoms with Gasteiger partial charge in [0.25, 0.3) is 5.56 Å². The Morgan fingerprint density at radius 1 is 1.62 bits per heavy atom. The maximum absolute atomic E-state index is 11.2. The summed E-state index contributed by atoms with van der Waals surface area (Å²) >= 11 is 0. The summed E-state index contributed by atoms with van der Waals surface area (Å²) in [5.74, 6) is 0.288. The van der Waals surface area contributed by atoms with E-state index in [0.29, 0.717) is 5.95 Å². The van der Waals surface area contributed by atoms with Crippen LogP contribution in [0.3, 0.4) is 0 Å². The Morgan fingerprint density at radius 3 is 2.62 bits per heavy atom. The first kappa shape index (κ1) is 9.06. The maximum Gasteiger partial charge on any atom is 0.272 e. The number of nitrogen functional groups attached to an aromatic ring is 1. The number of nitriles is 1. The van der Waals surface area contributed by atoms with Crippen molar-refractivity contribution in [3.8, 4) is 6.07 Å². The topological polar surface area (TPSA) is 98.8 Å². The van der Waals surface area contributed by atoms with Gasteiger partial charge in [0.15, 0.2) is 11.4 Å². The third-order valence-corrected chi connectivity index (χ3v) is 1.47. The molecule has 0 amide bonds. The van der Waals surface area contributed by atoms with Crippen molar-refractivity contribution >= 4 is 11.8 Å². The summed E-state index contributed by atoms with van der Waals surface area (Å²) < 4.78 is 0. The Bertz CT molecular complexity index is 414. The molecule has 6 heteroatoms. The van der Waals surface area contributed by atoms with Crippen molar-refractivity contribution < 1.29 is 0 Å². The molecule has 1 heterocycles. The number of hydrogen-bond donors (Lipinski definition) is 2. The number of rotatable bonds is 1. The first-order valence-electron chi connectivity index (χ1n) is 3.53. The number of nitrogens with zero attached hydrogens (tertiary/aromatic N) is 3. The van der Waals surface area contributed by atoms with Crippen LogP contribution in [0.1, 0.15) is 5.56 Å². The van der Waals surface area contributed by atoms with Crippen LogP contribution in [-0.2, 0) is 0 Å². The van der Waals surface area contributed by atoms with E-state index in [1.54, 1.807) is 25.1 Å². The molecule has 0 aromatic carbocycles. The quantitative estimate of drug-likeness (QED) is 0.593. The molecule has 0 unspecified atom stereocenters. The van der Waals surface area contributed by atoms with Crippen LogP contribution in [0.15, 0.2) is 4.79 Å². The molecule has 1 aromatic rings. The fourth-order valence-electron chi connectivity index (χ4n) is 0.798. The number of aromatic nitrogens is 2. The van der Waals surface area contributed by atoms with Gasteiger partial charge in [0, 0.05) is 14.1 Å². The van der Waals surface area contributed by atoms with Gasteiger partial charge in [-0.25, -0.2) is 0 Å². The molecular weight excluding hydrogens is 170 g/mol. The number of hydrogen-bond acceptors (Lipinski definition) is 5. The zero-order valence-corrected chi connectivity index (χ0v) is 7.33. The van der Waals surface area contributed by atoms with Gasteiger partial charge in [-0.1, -0.05) is 0 Å². The fraction of sp³-hybridized carbons (Fsp3) is 0.286. The van der Waals surface area contributed by atoms with Gasteiger partial charge in [0.1, 0.15) is 6.07 Å². The van der Waals surface area contributed by atoms with Crippen LogP contribution < -0.4 is 16.2 Å². The molecule has 6 nitrogen and oxygen atoms in total. The lowest BCUT2D eigenvalue weighted by Crippen LogP contribution is -2.22. The molecule has 3 N–H and O–H groups in total. The number of nitrogens with one attached hydrogen (secondary N) is 1. The lowest BCUT2D eigenvalue weighted by Gasteiger charge is -2.10. The molecule has 13 heavy (non-hydrogen) atoms. The summed E-state index contributed by atoms with van der Waals surface area (Å²) in [7, 11) is 3.42. The molecule has 1 aromatic heterocycles. The van der Waals surface area contributed by atoms with Crippen molar-refractivity contribution in [3.05, 3.63) is 15.9 Å². The average molecular weight is 179 g/mol. The molecular formula is C7H9N5O. The first-order chi connectivity index (χ1) is 6.06. The number of nitrogens with two attached hydrogens (primary N) is 1. The molecule has 0 bridgehead atoms. The number of H-pyrrole nitrogens is 1. The lowest BCUT2D eigenvalue weighted by molar-refractivity contribution is 0.981.